The maximum Gasteiger partial charge on any atom is 0.325 e. The molecule has 1 spiro atoms. The first-order chi connectivity index (χ1) is 14.9. The standard InChI is InChI=1S/C23H24ClN3O4/c1-15-7-5-6-12-23(15)21(29)27(22(30)26-23)14-20(28)25-18-13-16(24)10-11-19(18)31-17-8-3-2-4-9-17/h2-4,8-11,13,15H,5-7,12,14H2,1H3,(H,25,28)(H,26,30)/t15-,23+/m1/s1. The van der Waals surface area contributed by atoms with Crippen LogP contribution in [0, 0.1) is 5.92 Å². The van der Waals surface area contributed by atoms with Crippen LogP contribution >= 0.6 is 11.6 Å². The van der Waals surface area contributed by atoms with Crippen LogP contribution in [0.4, 0.5) is 10.5 Å². The summed E-state index contributed by atoms with van der Waals surface area (Å²) in [5.41, 5.74) is -0.540. The Labute approximate surface area is 185 Å². The molecule has 2 aromatic rings. The molecule has 0 radical (unpaired) electrons. The average molecular weight is 442 g/mol. The molecule has 1 saturated carbocycles. The number of imide groups is 1. The second kappa shape index (κ2) is 8.59. The molecular weight excluding hydrogens is 418 g/mol. The minimum atomic E-state index is -0.896. The van der Waals surface area contributed by atoms with E-state index < -0.39 is 17.5 Å². The molecule has 4 rings (SSSR count). The van der Waals surface area contributed by atoms with Crippen LogP contribution in [0.25, 0.3) is 0 Å². The second-order valence-corrected chi connectivity index (χ2v) is 8.48. The van der Waals surface area contributed by atoms with Gasteiger partial charge >= 0.3 is 6.03 Å². The van der Waals surface area contributed by atoms with E-state index in [1.54, 1.807) is 30.3 Å². The molecule has 0 aromatic heterocycles. The highest BCUT2D eigenvalue weighted by molar-refractivity contribution is 6.31. The number of urea groups is 1. The first kappa shape index (κ1) is 21.2. The van der Waals surface area contributed by atoms with Crippen LogP contribution in [0.3, 0.4) is 0 Å². The number of benzene rings is 2. The molecule has 4 amide bonds. The summed E-state index contributed by atoms with van der Waals surface area (Å²) in [7, 11) is 0. The van der Waals surface area contributed by atoms with Crippen LogP contribution in [-0.4, -0.2) is 34.8 Å². The van der Waals surface area contributed by atoms with Crippen molar-refractivity contribution >= 4 is 35.1 Å². The smallest absolute Gasteiger partial charge is 0.325 e. The van der Waals surface area contributed by atoms with E-state index in [-0.39, 0.29) is 18.4 Å². The van der Waals surface area contributed by atoms with Crippen LogP contribution in [0.15, 0.2) is 48.5 Å². The summed E-state index contributed by atoms with van der Waals surface area (Å²) in [4.78, 5) is 39.3. The first-order valence-electron chi connectivity index (χ1n) is 10.4. The fourth-order valence-corrected chi connectivity index (χ4v) is 4.45. The number of nitrogens with zero attached hydrogens (tertiary/aromatic N) is 1. The number of rotatable bonds is 5. The fourth-order valence-electron chi connectivity index (χ4n) is 4.28. The first-order valence-corrected chi connectivity index (χ1v) is 10.7. The Balaban J connectivity index is 1.48. The molecule has 0 bridgehead atoms. The number of anilines is 1. The van der Waals surface area contributed by atoms with E-state index >= 15 is 0 Å². The summed E-state index contributed by atoms with van der Waals surface area (Å²) < 4.78 is 5.85. The van der Waals surface area contributed by atoms with Crippen molar-refractivity contribution in [2.45, 2.75) is 38.1 Å². The Kier molecular flexibility index (Phi) is 5.87. The molecule has 2 aromatic carbocycles. The Morgan fingerprint density at radius 1 is 1.23 bits per heavy atom. The molecule has 1 aliphatic carbocycles. The number of ether oxygens (including phenoxy) is 1. The molecule has 2 aliphatic rings. The number of hydrogen-bond acceptors (Lipinski definition) is 4. The Hall–Kier alpha value is -3.06. The van der Waals surface area contributed by atoms with Crippen LogP contribution in [-0.2, 0) is 9.59 Å². The van der Waals surface area contributed by atoms with Gasteiger partial charge < -0.3 is 15.4 Å². The SMILES string of the molecule is C[C@@H]1CCCC[C@]12NC(=O)N(CC(=O)Nc1cc(Cl)ccc1Oc1ccccc1)C2=O. The number of carbonyl (C=O) groups is 3. The summed E-state index contributed by atoms with van der Waals surface area (Å²) in [5.74, 6) is 0.196. The van der Waals surface area contributed by atoms with Gasteiger partial charge in [0.1, 0.15) is 17.8 Å². The van der Waals surface area contributed by atoms with E-state index in [1.165, 1.54) is 0 Å². The Bertz CT molecular complexity index is 1010. The van der Waals surface area contributed by atoms with E-state index in [0.717, 1.165) is 24.2 Å². The van der Waals surface area contributed by atoms with Crippen LogP contribution in [0.5, 0.6) is 11.5 Å². The summed E-state index contributed by atoms with van der Waals surface area (Å²) >= 11 is 6.10. The Morgan fingerprint density at radius 2 is 2.00 bits per heavy atom. The zero-order valence-corrected chi connectivity index (χ0v) is 17.9. The van der Waals surface area contributed by atoms with Crippen molar-refractivity contribution in [2.75, 3.05) is 11.9 Å². The van der Waals surface area contributed by atoms with Gasteiger partial charge in [0.05, 0.1) is 5.69 Å². The van der Waals surface area contributed by atoms with E-state index in [2.05, 4.69) is 10.6 Å². The van der Waals surface area contributed by atoms with Crippen molar-refractivity contribution in [1.29, 1.82) is 0 Å². The van der Waals surface area contributed by atoms with Crippen LogP contribution in [0.1, 0.15) is 32.6 Å². The lowest BCUT2D eigenvalue weighted by atomic mass is 9.73. The normalized spacial score (nSPS) is 23.0. The van der Waals surface area contributed by atoms with E-state index in [4.69, 9.17) is 16.3 Å². The highest BCUT2D eigenvalue weighted by atomic mass is 35.5. The fraction of sp³-hybridized carbons (Fsp3) is 0.348. The van der Waals surface area contributed by atoms with Gasteiger partial charge in [0.15, 0.2) is 5.75 Å². The minimum Gasteiger partial charge on any atom is -0.455 e. The molecule has 162 valence electrons. The quantitative estimate of drug-likeness (QED) is 0.665. The summed E-state index contributed by atoms with van der Waals surface area (Å²) in [6, 6.07) is 13.5. The molecule has 2 fully saturated rings. The van der Waals surface area contributed by atoms with Crippen molar-refractivity contribution in [3.8, 4) is 11.5 Å². The van der Waals surface area contributed by atoms with Gasteiger partial charge in [-0.05, 0) is 49.1 Å². The summed E-state index contributed by atoms with van der Waals surface area (Å²) in [6.45, 7) is 1.59. The molecular formula is C23H24ClN3O4. The number of amides is 4. The lowest BCUT2D eigenvalue weighted by Gasteiger charge is -2.36. The predicted octanol–water partition coefficient (Wildman–Crippen LogP) is 4.57. The van der Waals surface area contributed by atoms with Gasteiger partial charge in [-0.25, -0.2) is 4.79 Å². The average Bonchev–Trinajstić information content (AvgIpc) is 2.98. The molecule has 31 heavy (non-hydrogen) atoms. The third kappa shape index (κ3) is 4.23. The lowest BCUT2D eigenvalue weighted by Crippen LogP contribution is -2.54. The van der Waals surface area contributed by atoms with Gasteiger partial charge in [-0.15, -0.1) is 0 Å². The molecule has 2 N–H and O–H groups in total. The summed E-state index contributed by atoms with van der Waals surface area (Å²) in [6.07, 6.45) is 3.37. The molecule has 1 aliphatic heterocycles. The third-order valence-electron chi connectivity index (χ3n) is 5.99. The number of halogens is 1. The van der Waals surface area contributed by atoms with Gasteiger partial charge in [0.2, 0.25) is 5.91 Å². The maximum atomic E-state index is 13.1. The zero-order chi connectivity index (χ0) is 22.0. The van der Waals surface area contributed by atoms with E-state index in [1.807, 2.05) is 25.1 Å². The number of hydrogen-bond donors (Lipinski definition) is 2. The van der Waals surface area contributed by atoms with E-state index in [9.17, 15) is 14.4 Å². The van der Waals surface area contributed by atoms with Crippen molar-refractivity contribution in [3.05, 3.63) is 53.6 Å². The topological polar surface area (TPSA) is 87.7 Å². The Morgan fingerprint density at radius 3 is 2.74 bits per heavy atom. The largest absolute Gasteiger partial charge is 0.455 e. The minimum absolute atomic E-state index is 0.0320. The van der Waals surface area contributed by atoms with Crippen molar-refractivity contribution in [3.63, 3.8) is 0 Å². The monoisotopic (exact) mass is 441 g/mol. The van der Waals surface area contributed by atoms with Crippen molar-refractivity contribution < 1.29 is 19.1 Å². The van der Waals surface area contributed by atoms with Gasteiger partial charge in [-0.2, -0.15) is 0 Å². The molecule has 7 nitrogen and oxygen atoms in total. The molecule has 1 saturated heterocycles. The van der Waals surface area contributed by atoms with Crippen LogP contribution < -0.4 is 15.4 Å². The van der Waals surface area contributed by atoms with Gasteiger partial charge in [-0.3, -0.25) is 14.5 Å². The summed E-state index contributed by atoms with van der Waals surface area (Å²) in [5, 5.41) is 5.99. The van der Waals surface area contributed by atoms with Gasteiger partial charge in [0.25, 0.3) is 5.91 Å². The molecule has 0 unspecified atom stereocenters. The molecule has 8 heteroatoms. The van der Waals surface area contributed by atoms with Crippen molar-refractivity contribution in [2.24, 2.45) is 5.92 Å². The lowest BCUT2D eigenvalue weighted by molar-refractivity contribution is -0.136. The zero-order valence-electron chi connectivity index (χ0n) is 17.2. The number of carbonyl (C=O) groups excluding carboxylic acids is 3. The van der Waals surface area contributed by atoms with Crippen molar-refractivity contribution in [1.82, 2.24) is 10.2 Å². The molecule has 1 heterocycles. The van der Waals surface area contributed by atoms with E-state index in [0.29, 0.717) is 28.6 Å². The third-order valence-corrected chi connectivity index (χ3v) is 6.22. The van der Waals surface area contributed by atoms with Gasteiger partial charge in [0, 0.05) is 5.02 Å². The highest BCUT2D eigenvalue weighted by Gasteiger charge is 2.55. The predicted molar refractivity (Wildman–Crippen MR) is 117 cm³/mol. The van der Waals surface area contributed by atoms with Crippen LogP contribution in [0.2, 0.25) is 5.02 Å². The number of nitrogens with one attached hydrogen (secondary N) is 2. The van der Waals surface area contributed by atoms with Gasteiger partial charge in [-0.1, -0.05) is 49.6 Å². The molecule has 2 atom stereocenters. The second-order valence-electron chi connectivity index (χ2n) is 8.04. The number of para-hydroxylation sites is 1. The highest BCUT2D eigenvalue weighted by Crippen LogP contribution is 2.38. The maximum absolute atomic E-state index is 13.1.